The molecule has 8 heteroatoms. The second-order valence-corrected chi connectivity index (χ2v) is 12.1. The molecule has 5 N–H and O–H groups in total. The maximum absolute atomic E-state index is 13.0. The van der Waals surface area contributed by atoms with Crippen molar-refractivity contribution in [2.45, 2.75) is 114 Å². The average Bonchev–Trinajstić information content (AvgIpc) is 2.66. The molecule has 2 rings (SSSR count). The van der Waals surface area contributed by atoms with E-state index in [-0.39, 0.29) is 22.6 Å². The summed E-state index contributed by atoms with van der Waals surface area (Å²) in [4.78, 5) is 13.0. The van der Waals surface area contributed by atoms with E-state index in [2.05, 4.69) is 17.6 Å². The van der Waals surface area contributed by atoms with Crippen molar-refractivity contribution >= 4 is 17.7 Å². The van der Waals surface area contributed by atoms with Crippen LogP contribution in [0.4, 0.5) is 0 Å². The van der Waals surface area contributed by atoms with E-state index in [0.717, 1.165) is 32.2 Å². The summed E-state index contributed by atoms with van der Waals surface area (Å²) in [5.74, 6) is 0.433. The van der Waals surface area contributed by atoms with Gasteiger partial charge in [0.25, 0.3) is 0 Å². The van der Waals surface area contributed by atoms with E-state index in [1.165, 1.54) is 11.8 Å². The maximum Gasteiger partial charge on any atom is 0.237 e. The monoisotopic (exact) mass is 446 g/mol. The molecule has 8 atom stereocenters. The van der Waals surface area contributed by atoms with Gasteiger partial charge in [-0.15, -0.1) is 11.8 Å². The fourth-order valence-electron chi connectivity index (χ4n) is 4.38. The van der Waals surface area contributed by atoms with E-state index < -0.39 is 35.9 Å². The highest BCUT2D eigenvalue weighted by molar-refractivity contribution is 8.01. The van der Waals surface area contributed by atoms with Crippen LogP contribution < -0.4 is 10.6 Å². The number of hydrogen-bond donors (Lipinski definition) is 5. The number of aliphatic hydroxyl groups is 3. The van der Waals surface area contributed by atoms with Crippen molar-refractivity contribution in [3.05, 3.63) is 0 Å². The third-order valence-corrected chi connectivity index (χ3v) is 7.31. The highest BCUT2D eigenvalue weighted by Gasteiger charge is 2.49. The van der Waals surface area contributed by atoms with E-state index in [1.807, 2.05) is 34.6 Å². The zero-order chi connectivity index (χ0) is 22.6. The van der Waals surface area contributed by atoms with Crippen LogP contribution in [0.15, 0.2) is 0 Å². The number of aliphatic hydroxyl groups excluding tert-OH is 3. The molecule has 0 spiro atoms. The highest BCUT2D eigenvalue weighted by Crippen LogP contribution is 2.37. The minimum Gasteiger partial charge on any atom is -0.388 e. The molecule has 2 heterocycles. The first-order chi connectivity index (χ1) is 13.9. The number of thioether (sulfide) groups is 1. The number of rotatable bonds is 7. The number of ether oxygens (including phenoxy) is 1. The molecule has 0 aromatic heterocycles. The van der Waals surface area contributed by atoms with E-state index in [1.54, 1.807) is 0 Å². The quantitative estimate of drug-likeness (QED) is 0.404. The first kappa shape index (κ1) is 25.9. The molecule has 0 bridgehead atoms. The molecule has 0 aromatic rings. The molecule has 3 unspecified atom stereocenters. The average molecular weight is 447 g/mol. The van der Waals surface area contributed by atoms with Gasteiger partial charge in [0.2, 0.25) is 5.91 Å². The Morgan fingerprint density at radius 3 is 2.43 bits per heavy atom. The second-order valence-electron chi connectivity index (χ2n) is 10.1. The van der Waals surface area contributed by atoms with Crippen molar-refractivity contribution in [1.29, 1.82) is 0 Å². The van der Waals surface area contributed by atoms with Crippen LogP contribution in [0.3, 0.4) is 0 Å². The summed E-state index contributed by atoms with van der Waals surface area (Å²) in [6.07, 6.45) is -0.475. The van der Waals surface area contributed by atoms with Crippen molar-refractivity contribution in [2.75, 3.05) is 6.54 Å². The maximum atomic E-state index is 13.0. The molecule has 0 aromatic carbocycles. The Balaban J connectivity index is 2.12. The summed E-state index contributed by atoms with van der Waals surface area (Å²) in [5, 5.41) is 38.0. The van der Waals surface area contributed by atoms with Crippen molar-refractivity contribution < 1.29 is 24.9 Å². The summed E-state index contributed by atoms with van der Waals surface area (Å²) < 4.78 is 5.90. The number of carbonyl (C=O) groups excluding carboxylic acids is 1. The molecule has 0 radical (unpaired) electrons. The Morgan fingerprint density at radius 1 is 1.20 bits per heavy atom. The predicted octanol–water partition coefficient (Wildman–Crippen LogP) is 1.63. The number of hydrogen-bond acceptors (Lipinski definition) is 7. The van der Waals surface area contributed by atoms with Gasteiger partial charge in [-0.05, 0) is 31.2 Å². The van der Waals surface area contributed by atoms with Gasteiger partial charge in [-0.3, -0.25) is 4.79 Å². The smallest absolute Gasteiger partial charge is 0.237 e. The Hall–Kier alpha value is -0.380. The molecule has 0 saturated carbocycles. The first-order valence-electron chi connectivity index (χ1n) is 11.4. The summed E-state index contributed by atoms with van der Waals surface area (Å²) in [6.45, 7) is 12.9. The van der Waals surface area contributed by atoms with Gasteiger partial charge < -0.3 is 30.7 Å². The normalized spacial score (nSPS) is 36.5. The Morgan fingerprint density at radius 2 is 1.87 bits per heavy atom. The van der Waals surface area contributed by atoms with Crippen molar-refractivity contribution in [2.24, 2.45) is 11.8 Å². The van der Waals surface area contributed by atoms with Crippen molar-refractivity contribution in [3.63, 3.8) is 0 Å². The van der Waals surface area contributed by atoms with Gasteiger partial charge in [-0.25, -0.2) is 0 Å². The van der Waals surface area contributed by atoms with Crippen LogP contribution in [-0.4, -0.2) is 74.5 Å². The summed E-state index contributed by atoms with van der Waals surface area (Å²) in [5.41, 5.74) is -0.687. The SMILES string of the molecule is CCCC1CCNC(C(=O)NC(C(C)C)[C@H]2O[C@H](SC(C)(C)C)[C@H](O)[C@@H](O)[C@H]2O)C1. The molecule has 0 aliphatic carbocycles. The highest BCUT2D eigenvalue weighted by atomic mass is 32.2. The van der Waals surface area contributed by atoms with E-state index in [0.29, 0.717) is 5.92 Å². The van der Waals surface area contributed by atoms with Crippen LogP contribution in [0, 0.1) is 11.8 Å². The third kappa shape index (κ3) is 6.81. The van der Waals surface area contributed by atoms with Crippen LogP contribution in [0.2, 0.25) is 0 Å². The fraction of sp³-hybridized carbons (Fsp3) is 0.955. The van der Waals surface area contributed by atoms with Crippen LogP contribution in [0.25, 0.3) is 0 Å². The van der Waals surface area contributed by atoms with Gasteiger partial charge in [0.1, 0.15) is 29.9 Å². The van der Waals surface area contributed by atoms with Crippen LogP contribution in [-0.2, 0) is 9.53 Å². The minimum atomic E-state index is -1.33. The van der Waals surface area contributed by atoms with Gasteiger partial charge in [0.15, 0.2) is 0 Å². The Kier molecular flexibility index (Phi) is 9.46. The van der Waals surface area contributed by atoms with E-state index in [9.17, 15) is 20.1 Å². The molecule has 30 heavy (non-hydrogen) atoms. The van der Waals surface area contributed by atoms with Gasteiger partial charge in [0, 0.05) is 4.75 Å². The predicted molar refractivity (Wildman–Crippen MR) is 120 cm³/mol. The lowest BCUT2D eigenvalue weighted by atomic mass is 9.86. The summed E-state index contributed by atoms with van der Waals surface area (Å²) >= 11 is 1.41. The number of nitrogens with one attached hydrogen (secondary N) is 2. The molecule has 1 amide bonds. The number of carbonyl (C=O) groups is 1. The Bertz CT molecular complexity index is 554. The molecule has 2 aliphatic heterocycles. The zero-order valence-electron chi connectivity index (χ0n) is 19.3. The topological polar surface area (TPSA) is 111 Å². The van der Waals surface area contributed by atoms with Gasteiger partial charge in [-0.2, -0.15) is 0 Å². The lowest BCUT2D eigenvalue weighted by molar-refractivity contribution is -0.208. The molecular weight excluding hydrogens is 404 g/mol. The lowest BCUT2D eigenvalue weighted by Crippen LogP contribution is -2.65. The summed E-state index contributed by atoms with van der Waals surface area (Å²) in [6, 6.07) is -0.737. The number of amides is 1. The zero-order valence-corrected chi connectivity index (χ0v) is 20.1. The first-order valence-corrected chi connectivity index (χ1v) is 12.2. The molecular formula is C22H42N2O5S. The van der Waals surface area contributed by atoms with Gasteiger partial charge in [0.05, 0.1) is 12.1 Å². The largest absolute Gasteiger partial charge is 0.388 e. The van der Waals surface area contributed by atoms with Crippen molar-refractivity contribution in [1.82, 2.24) is 10.6 Å². The minimum absolute atomic E-state index is 0.0219. The van der Waals surface area contributed by atoms with Crippen LogP contribution in [0.5, 0.6) is 0 Å². The van der Waals surface area contributed by atoms with Crippen LogP contribution >= 0.6 is 11.8 Å². The second kappa shape index (κ2) is 11.0. The third-order valence-electron chi connectivity index (χ3n) is 5.98. The van der Waals surface area contributed by atoms with Crippen LogP contribution in [0.1, 0.15) is 67.2 Å². The lowest BCUT2D eigenvalue weighted by Gasteiger charge is -2.46. The summed E-state index contributed by atoms with van der Waals surface area (Å²) in [7, 11) is 0. The van der Waals surface area contributed by atoms with E-state index >= 15 is 0 Å². The molecule has 2 fully saturated rings. The molecule has 7 nitrogen and oxygen atoms in total. The van der Waals surface area contributed by atoms with Crippen molar-refractivity contribution in [3.8, 4) is 0 Å². The number of piperidine rings is 1. The van der Waals surface area contributed by atoms with Gasteiger partial charge >= 0.3 is 0 Å². The Labute approximate surface area is 185 Å². The molecule has 2 saturated heterocycles. The molecule has 176 valence electrons. The van der Waals surface area contributed by atoms with Gasteiger partial charge in [-0.1, -0.05) is 54.4 Å². The van der Waals surface area contributed by atoms with E-state index in [4.69, 9.17) is 4.74 Å². The fourth-order valence-corrected chi connectivity index (χ4v) is 5.56. The molecule has 2 aliphatic rings. The standard InChI is InChI=1S/C22H42N2O5S/c1-7-8-13-9-10-23-14(11-13)20(28)24-15(12(2)3)19-17(26)16(25)18(27)21(29-19)30-22(4,5)6/h12-19,21,23,25-27H,7-11H2,1-6H3,(H,24,28)/t13?,14?,15?,16-,17+,18+,19+,21+/m0/s1.